The third kappa shape index (κ3) is 4.71. The molecule has 3 rings (SSSR count). The van der Waals surface area contributed by atoms with Gasteiger partial charge in [0.15, 0.2) is 10.9 Å². The Balaban J connectivity index is 1.80. The second-order valence-corrected chi connectivity index (χ2v) is 7.86. The molecule has 8 nitrogen and oxygen atoms in total. The number of nitrogens with one attached hydrogen (secondary N) is 2. The number of aromatic nitrogens is 3. The number of urea groups is 1. The van der Waals surface area contributed by atoms with Gasteiger partial charge in [-0.05, 0) is 38.8 Å². The van der Waals surface area contributed by atoms with Crippen LogP contribution >= 0.6 is 11.8 Å². The minimum absolute atomic E-state index is 0.287. The molecule has 0 radical (unpaired) electrons. The Bertz CT molecular complexity index is 768. The molecule has 27 heavy (non-hydrogen) atoms. The van der Waals surface area contributed by atoms with Crippen LogP contribution in [-0.2, 0) is 4.79 Å². The highest BCUT2D eigenvalue weighted by Crippen LogP contribution is 2.36. The van der Waals surface area contributed by atoms with Gasteiger partial charge in [0.05, 0.1) is 11.5 Å². The minimum atomic E-state index is -0.486. The molecule has 0 aliphatic heterocycles. The maximum absolute atomic E-state index is 12.3. The van der Waals surface area contributed by atoms with Crippen LogP contribution in [0, 0.1) is 0 Å². The van der Waals surface area contributed by atoms with E-state index in [9.17, 15) is 9.59 Å². The van der Waals surface area contributed by atoms with Crippen molar-refractivity contribution in [2.75, 3.05) is 6.54 Å². The molecule has 2 heterocycles. The van der Waals surface area contributed by atoms with Crippen LogP contribution in [-0.4, -0.2) is 38.5 Å². The van der Waals surface area contributed by atoms with Gasteiger partial charge in [-0.3, -0.25) is 14.7 Å². The lowest BCUT2D eigenvalue weighted by molar-refractivity contribution is -0.119. The number of thioether (sulfide) groups is 1. The van der Waals surface area contributed by atoms with Crippen molar-refractivity contribution in [3.05, 3.63) is 18.4 Å². The Kier molecular flexibility index (Phi) is 6.54. The molecular formula is C18H25N5O3S. The molecule has 146 valence electrons. The van der Waals surface area contributed by atoms with Crippen molar-refractivity contribution < 1.29 is 14.0 Å². The van der Waals surface area contributed by atoms with E-state index in [-0.39, 0.29) is 11.9 Å². The van der Waals surface area contributed by atoms with Gasteiger partial charge in [0.25, 0.3) is 0 Å². The van der Waals surface area contributed by atoms with Crippen molar-refractivity contribution in [1.82, 2.24) is 25.4 Å². The van der Waals surface area contributed by atoms with E-state index >= 15 is 0 Å². The predicted octanol–water partition coefficient (Wildman–Crippen LogP) is 3.37. The summed E-state index contributed by atoms with van der Waals surface area (Å²) >= 11 is 1.31. The van der Waals surface area contributed by atoms with Crippen molar-refractivity contribution in [2.24, 2.45) is 0 Å². The number of hydrogen-bond acceptors (Lipinski definition) is 6. The third-order valence-corrected chi connectivity index (χ3v) is 5.63. The fourth-order valence-corrected chi connectivity index (χ4v) is 4.15. The summed E-state index contributed by atoms with van der Waals surface area (Å²) in [5.74, 6) is 0.994. The van der Waals surface area contributed by atoms with E-state index in [1.807, 2.05) is 12.1 Å². The first-order chi connectivity index (χ1) is 13.1. The maximum atomic E-state index is 12.3. The number of hydrogen-bond donors (Lipinski definition) is 2. The first-order valence-corrected chi connectivity index (χ1v) is 10.2. The van der Waals surface area contributed by atoms with Gasteiger partial charge in [0.1, 0.15) is 0 Å². The van der Waals surface area contributed by atoms with Gasteiger partial charge < -0.3 is 9.73 Å². The van der Waals surface area contributed by atoms with Crippen molar-refractivity contribution in [3.63, 3.8) is 0 Å². The number of carbonyl (C=O) groups excluding carboxylic acids is 2. The fourth-order valence-electron chi connectivity index (χ4n) is 3.23. The second-order valence-electron chi connectivity index (χ2n) is 6.55. The number of rotatable bonds is 6. The summed E-state index contributed by atoms with van der Waals surface area (Å²) in [5, 5.41) is 13.7. The summed E-state index contributed by atoms with van der Waals surface area (Å²) in [7, 11) is 0. The summed E-state index contributed by atoms with van der Waals surface area (Å²) in [6, 6.07) is 3.49. The van der Waals surface area contributed by atoms with Gasteiger partial charge in [0, 0.05) is 12.6 Å². The maximum Gasteiger partial charge on any atom is 0.321 e. The molecule has 1 fully saturated rings. The first-order valence-electron chi connectivity index (χ1n) is 9.34. The van der Waals surface area contributed by atoms with Crippen molar-refractivity contribution in [2.45, 2.75) is 62.4 Å². The van der Waals surface area contributed by atoms with Crippen molar-refractivity contribution in [1.29, 1.82) is 0 Å². The predicted molar refractivity (Wildman–Crippen MR) is 102 cm³/mol. The minimum Gasteiger partial charge on any atom is -0.461 e. The van der Waals surface area contributed by atoms with Gasteiger partial charge in [-0.1, -0.05) is 31.0 Å². The first kappa shape index (κ1) is 19.5. The van der Waals surface area contributed by atoms with Crippen LogP contribution in [0.25, 0.3) is 11.6 Å². The lowest BCUT2D eigenvalue weighted by Crippen LogP contribution is -2.42. The largest absolute Gasteiger partial charge is 0.461 e. The Hall–Kier alpha value is -2.29. The average molecular weight is 391 g/mol. The second kappa shape index (κ2) is 9.07. The molecule has 3 amide bonds. The molecular weight excluding hydrogens is 366 g/mol. The van der Waals surface area contributed by atoms with E-state index in [1.54, 1.807) is 20.1 Å². The quantitative estimate of drug-likeness (QED) is 0.732. The van der Waals surface area contributed by atoms with E-state index in [2.05, 4.69) is 25.4 Å². The van der Waals surface area contributed by atoms with Gasteiger partial charge in [-0.25, -0.2) is 4.79 Å². The van der Waals surface area contributed by atoms with Gasteiger partial charge in [0.2, 0.25) is 11.7 Å². The molecule has 1 atom stereocenters. The van der Waals surface area contributed by atoms with Gasteiger partial charge in [-0.2, -0.15) is 0 Å². The van der Waals surface area contributed by atoms with E-state index < -0.39 is 11.3 Å². The van der Waals surface area contributed by atoms with E-state index in [0.717, 1.165) is 25.7 Å². The summed E-state index contributed by atoms with van der Waals surface area (Å²) in [5.41, 5.74) is 0. The van der Waals surface area contributed by atoms with E-state index in [1.165, 1.54) is 18.2 Å². The standard InChI is InChI=1S/C18H25N5O3S/c1-3-19-17(25)20-16(24)12(2)27-18-22-21-15(14-10-7-11-26-14)23(18)13-8-5-4-6-9-13/h7,10-13H,3-6,8-9H2,1-2H3,(H2,19,20,24,25). The van der Waals surface area contributed by atoms with Crippen LogP contribution in [0.1, 0.15) is 52.0 Å². The number of amides is 3. The summed E-state index contributed by atoms with van der Waals surface area (Å²) in [6.07, 6.45) is 7.29. The zero-order valence-electron chi connectivity index (χ0n) is 15.6. The Morgan fingerprint density at radius 1 is 1.33 bits per heavy atom. The molecule has 0 spiro atoms. The van der Waals surface area contributed by atoms with Crippen molar-refractivity contribution in [3.8, 4) is 11.6 Å². The highest BCUT2D eigenvalue weighted by molar-refractivity contribution is 8.00. The highest BCUT2D eigenvalue weighted by atomic mass is 32.2. The average Bonchev–Trinajstić information content (AvgIpc) is 3.32. The topological polar surface area (TPSA) is 102 Å². The zero-order valence-corrected chi connectivity index (χ0v) is 16.4. The van der Waals surface area contributed by atoms with Crippen LogP contribution in [0.15, 0.2) is 28.0 Å². The molecule has 2 N–H and O–H groups in total. The molecule has 2 aromatic heterocycles. The summed E-state index contributed by atoms with van der Waals surface area (Å²) in [6.45, 7) is 4.01. The SMILES string of the molecule is CCNC(=O)NC(=O)C(C)Sc1nnc(-c2ccco2)n1C1CCCCC1. The molecule has 1 unspecified atom stereocenters. The van der Waals surface area contributed by atoms with E-state index in [0.29, 0.717) is 23.3 Å². The molecule has 2 aromatic rings. The monoisotopic (exact) mass is 391 g/mol. The van der Waals surface area contributed by atoms with Crippen LogP contribution in [0.5, 0.6) is 0 Å². The van der Waals surface area contributed by atoms with Crippen LogP contribution < -0.4 is 10.6 Å². The number of imide groups is 1. The number of nitrogens with zero attached hydrogens (tertiary/aromatic N) is 3. The van der Waals surface area contributed by atoms with Crippen molar-refractivity contribution >= 4 is 23.7 Å². The molecule has 1 saturated carbocycles. The Morgan fingerprint density at radius 2 is 2.11 bits per heavy atom. The number of carbonyl (C=O) groups is 2. The van der Waals surface area contributed by atoms with Gasteiger partial charge >= 0.3 is 6.03 Å². The van der Waals surface area contributed by atoms with Crippen LogP contribution in [0.2, 0.25) is 0 Å². The highest BCUT2D eigenvalue weighted by Gasteiger charge is 2.27. The molecule has 9 heteroatoms. The molecule has 0 bridgehead atoms. The summed E-state index contributed by atoms with van der Waals surface area (Å²) in [4.78, 5) is 23.9. The zero-order chi connectivity index (χ0) is 19.2. The smallest absolute Gasteiger partial charge is 0.321 e. The normalized spacial score (nSPS) is 16.1. The van der Waals surface area contributed by atoms with Crippen LogP contribution in [0.4, 0.5) is 4.79 Å². The van der Waals surface area contributed by atoms with Crippen LogP contribution in [0.3, 0.4) is 0 Å². The lowest BCUT2D eigenvalue weighted by atomic mass is 9.95. The Morgan fingerprint density at radius 3 is 2.78 bits per heavy atom. The fraction of sp³-hybridized carbons (Fsp3) is 0.556. The third-order valence-electron chi connectivity index (χ3n) is 4.57. The number of furan rings is 1. The molecule has 1 aliphatic rings. The lowest BCUT2D eigenvalue weighted by Gasteiger charge is -2.25. The Labute approximate surface area is 162 Å². The van der Waals surface area contributed by atoms with Gasteiger partial charge in [-0.15, -0.1) is 10.2 Å². The molecule has 0 saturated heterocycles. The summed E-state index contributed by atoms with van der Waals surface area (Å²) < 4.78 is 7.63. The molecule has 1 aliphatic carbocycles. The molecule has 0 aromatic carbocycles. The van der Waals surface area contributed by atoms with E-state index in [4.69, 9.17) is 4.42 Å².